The molecule has 0 atom stereocenters. The number of esters is 1. The number of carbonyl (C=O) groups is 1. The molecule has 3 nitrogen and oxygen atoms in total. The summed E-state index contributed by atoms with van der Waals surface area (Å²) >= 11 is 7.55. The Hall–Kier alpha value is -1.39. The molecule has 0 bridgehead atoms. The van der Waals surface area contributed by atoms with E-state index in [9.17, 15) is 4.79 Å². The van der Waals surface area contributed by atoms with Gasteiger partial charge in [-0.3, -0.25) is 4.79 Å². The summed E-state index contributed by atoms with van der Waals surface area (Å²) in [6.07, 6.45) is 0. The summed E-state index contributed by atoms with van der Waals surface area (Å²) in [5.41, 5.74) is 1.03. The third-order valence-corrected chi connectivity index (χ3v) is 4.67. The van der Waals surface area contributed by atoms with Crippen LogP contribution in [-0.2, 0) is 21.6 Å². The van der Waals surface area contributed by atoms with E-state index < -0.39 is 5.41 Å². The van der Waals surface area contributed by atoms with E-state index in [0.717, 1.165) is 21.1 Å². The van der Waals surface area contributed by atoms with Crippen LogP contribution in [0.5, 0.6) is 0 Å². The summed E-state index contributed by atoms with van der Waals surface area (Å²) in [7, 11) is 0. The zero-order valence-electron chi connectivity index (χ0n) is 12.6. The number of ether oxygens (including phenoxy) is 1. The molecule has 5 heteroatoms. The number of hydrogen-bond donors (Lipinski definition) is 0. The van der Waals surface area contributed by atoms with Crippen molar-refractivity contribution in [2.24, 2.45) is 0 Å². The first-order valence-electron chi connectivity index (χ1n) is 6.67. The Morgan fingerprint density at radius 1 is 1.38 bits per heavy atom. The van der Waals surface area contributed by atoms with Crippen LogP contribution in [0.1, 0.15) is 35.0 Å². The Morgan fingerprint density at radius 3 is 2.67 bits per heavy atom. The fourth-order valence-corrected chi connectivity index (χ4v) is 3.05. The molecule has 0 saturated carbocycles. The summed E-state index contributed by atoms with van der Waals surface area (Å²) in [4.78, 5) is 17.7. The Bertz CT molecular complexity index is 664. The van der Waals surface area contributed by atoms with E-state index in [1.54, 1.807) is 23.5 Å². The van der Waals surface area contributed by atoms with Gasteiger partial charge in [0.05, 0.1) is 21.0 Å². The largest absolute Gasteiger partial charge is 0.459 e. The lowest BCUT2D eigenvalue weighted by atomic mass is 9.85. The van der Waals surface area contributed by atoms with Crippen LogP contribution in [0.25, 0.3) is 0 Å². The van der Waals surface area contributed by atoms with Crippen molar-refractivity contribution in [3.05, 3.63) is 50.4 Å². The van der Waals surface area contributed by atoms with Crippen molar-refractivity contribution in [1.29, 1.82) is 0 Å². The van der Waals surface area contributed by atoms with E-state index in [-0.39, 0.29) is 12.6 Å². The Morgan fingerprint density at radius 2 is 2.10 bits per heavy atom. The lowest BCUT2D eigenvalue weighted by Crippen LogP contribution is -2.31. The van der Waals surface area contributed by atoms with Crippen molar-refractivity contribution in [2.75, 3.05) is 0 Å². The molecular weight excluding hydrogens is 306 g/mol. The highest BCUT2D eigenvalue weighted by Gasteiger charge is 2.32. The van der Waals surface area contributed by atoms with Crippen LogP contribution >= 0.6 is 22.9 Å². The number of carbonyl (C=O) groups excluding carboxylic acids is 1. The second-order valence-electron chi connectivity index (χ2n) is 5.45. The number of rotatable bonds is 4. The minimum atomic E-state index is -0.738. The smallest absolute Gasteiger partial charge is 0.316 e. The van der Waals surface area contributed by atoms with Gasteiger partial charge in [-0.2, -0.15) is 0 Å². The quantitative estimate of drug-likeness (QED) is 0.781. The molecule has 0 aliphatic heterocycles. The molecule has 2 aromatic rings. The van der Waals surface area contributed by atoms with Crippen LogP contribution in [0.3, 0.4) is 0 Å². The van der Waals surface area contributed by atoms with Gasteiger partial charge in [-0.05, 0) is 45.4 Å². The molecule has 0 unspecified atom stereocenters. The number of aromatic nitrogens is 1. The monoisotopic (exact) mass is 323 g/mol. The third kappa shape index (κ3) is 3.63. The molecule has 0 spiro atoms. The van der Waals surface area contributed by atoms with Crippen molar-refractivity contribution < 1.29 is 9.53 Å². The average Bonchev–Trinajstić information content (AvgIpc) is 2.74. The molecule has 0 aliphatic rings. The molecular formula is C16H18ClNO2S. The standard InChI is InChI=1S/C16H18ClNO2S/c1-10-14(21-11(2)18-10)9-20-15(19)16(3,4)12-6-5-7-13(17)8-12/h5-8H,9H2,1-4H3. The minimum absolute atomic E-state index is 0.264. The van der Waals surface area contributed by atoms with E-state index >= 15 is 0 Å². The number of nitrogens with zero attached hydrogens (tertiary/aromatic N) is 1. The van der Waals surface area contributed by atoms with Gasteiger partial charge in [0.15, 0.2) is 0 Å². The highest BCUT2D eigenvalue weighted by molar-refractivity contribution is 7.11. The van der Waals surface area contributed by atoms with Crippen molar-refractivity contribution in [3.63, 3.8) is 0 Å². The fourth-order valence-electron chi connectivity index (χ4n) is 2.01. The molecule has 21 heavy (non-hydrogen) atoms. The second-order valence-corrected chi connectivity index (χ2v) is 7.18. The molecule has 2 rings (SSSR count). The van der Waals surface area contributed by atoms with Gasteiger partial charge in [0.2, 0.25) is 0 Å². The molecule has 112 valence electrons. The fraction of sp³-hybridized carbons (Fsp3) is 0.375. The normalized spacial score (nSPS) is 11.5. The van der Waals surface area contributed by atoms with E-state index in [4.69, 9.17) is 16.3 Å². The van der Waals surface area contributed by atoms with E-state index in [1.165, 1.54) is 0 Å². The SMILES string of the molecule is Cc1nc(C)c(COC(=O)C(C)(C)c2cccc(Cl)c2)s1. The van der Waals surface area contributed by atoms with Crippen LogP contribution < -0.4 is 0 Å². The van der Waals surface area contributed by atoms with E-state index in [0.29, 0.717) is 5.02 Å². The molecule has 0 saturated heterocycles. The van der Waals surface area contributed by atoms with Gasteiger partial charge in [0.1, 0.15) is 6.61 Å². The highest BCUT2D eigenvalue weighted by Crippen LogP contribution is 2.28. The van der Waals surface area contributed by atoms with Crippen LogP contribution in [0.4, 0.5) is 0 Å². The molecule has 0 fully saturated rings. The van der Waals surface area contributed by atoms with Crippen LogP contribution in [0, 0.1) is 13.8 Å². The third-order valence-electron chi connectivity index (χ3n) is 3.39. The molecule has 0 aliphatic carbocycles. The van der Waals surface area contributed by atoms with Gasteiger partial charge in [-0.15, -0.1) is 11.3 Å². The molecule has 1 aromatic heterocycles. The number of benzene rings is 1. The topological polar surface area (TPSA) is 39.2 Å². The van der Waals surface area contributed by atoms with Crippen molar-refractivity contribution in [3.8, 4) is 0 Å². The first kappa shape index (κ1) is 16.0. The summed E-state index contributed by atoms with van der Waals surface area (Å²) in [5.74, 6) is -0.268. The minimum Gasteiger partial charge on any atom is -0.459 e. The second kappa shape index (κ2) is 6.16. The zero-order chi connectivity index (χ0) is 15.6. The Kier molecular flexibility index (Phi) is 4.69. The average molecular weight is 324 g/mol. The molecule has 0 amide bonds. The molecule has 1 heterocycles. The first-order valence-corrected chi connectivity index (χ1v) is 7.86. The maximum absolute atomic E-state index is 12.4. The summed E-state index contributed by atoms with van der Waals surface area (Å²) in [6.45, 7) is 7.81. The van der Waals surface area contributed by atoms with Gasteiger partial charge in [0, 0.05) is 5.02 Å². The number of halogens is 1. The van der Waals surface area contributed by atoms with E-state index in [1.807, 2.05) is 39.8 Å². The maximum atomic E-state index is 12.4. The first-order chi connectivity index (χ1) is 9.80. The molecule has 0 N–H and O–H groups in total. The highest BCUT2D eigenvalue weighted by atomic mass is 35.5. The van der Waals surface area contributed by atoms with Crippen molar-refractivity contribution in [2.45, 2.75) is 39.7 Å². The number of thiazole rings is 1. The molecule has 1 aromatic carbocycles. The predicted octanol–water partition coefficient (Wildman–Crippen LogP) is 4.43. The van der Waals surface area contributed by atoms with Crippen molar-refractivity contribution >= 4 is 28.9 Å². The van der Waals surface area contributed by atoms with Gasteiger partial charge in [0.25, 0.3) is 0 Å². The lowest BCUT2D eigenvalue weighted by molar-refractivity contribution is -0.150. The van der Waals surface area contributed by atoms with Gasteiger partial charge in [-0.25, -0.2) is 4.98 Å². The maximum Gasteiger partial charge on any atom is 0.316 e. The Labute approximate surface area is 133 Å². The van der Waals surface area contributed by atoms with Gasteiger partial charge >= 0.3 is 5.97 Å². The zero-order valence-corrected chi connectivity index (χ0v) is 14.1. The van der Waals surface area contributed by atoms with Crippen LogP contribution in [0.2, 0.25) is 5.02 Å². The van der Waals surface area contributed by atoms with Crippen molar-refractivity contribution in [1.82, 2.24) is 4.98 Å². The molecule has 0 radical (unpaired) electrons. The van der Waals surface area contributed by atoms with Gasteiger partial charge in [-0.1, -0.05) is 23.7 Å². The van der Waals surface area contributed by atoms with Gasteiger partial charge < -0.3 is 4.74 Å². The summed E-state index contributed by atoms with van der Waals surface area (Å²) < 4.78 is 5.47. The van der Waals surface area contributed by atoms with Crippen LogP contribution in [0.15, 0.2) is 24.3 Å². The Balaban J connectivity index is 2.10. The van der Waals surface area contributed by atoms with Crippen LogP contribution in [-0.4, -0.2) is 11.0 Å². The summed E-state index contributed by atoms with van der Waals surface area (Å²) in [6, 6.07) is 7.31. The predicted molar refractivity (Wildman–Crippen MR) is 85.9 cm³/mol. The number of hydrogen-bond acceptors (Lipinski definition) is 4. The summed E-state index contributed by atoms with van der Waals surface area (Å²) in [5, 5.41) is 1.59. The van der Waals surface area contributed by atoms with E-state index in [2.05, 4.69) is 4.98 Å². The lowest BCUT2D eigenvalue weighted by Gasteiger charge is -2.23. The number of aryl methyl sites for hydroxylation is 2.